The highest BCUT2D eigenvalue weighted by Gasteiger charge is 2.38. The molecule has 2 atom stereocenters. The first-order valence-corrected chi connectivity index (χ1v) is 18.6. The lowest BCUT2D eigenvalue weighted by molar-refractivity contribution is 0.591. The lowest BCUT2D eigenvalue weighted by Gasteiger charge is -2.37. The standard InChI is InChI=1S/C45H29N2OP/c48-49(33-12-2-1-3-13-33,35-25-31-19-17-29-10-8-11-30-18-20-32(26-35)43(31)42(29)30)34-22-24-41-39(27-34)46-45-38-23-21-28-9-4-5-14-36(28)44(38)37-15-6-7-16-40(37)47(41)45/h1-10,12-27,43H,11H2. The maximum absolute atomic E-state index is 16.0. The number of nitrogens with zero attached hydrogens (tertiary/aromatic N) is 2. The van der Waals surface area contributed by atoms with Gasteiger partial charge in [-0.2, -0.15) is 0 Å². The number of para-hydroxylation sites is 1. The van der Waals surface area contributed by atoms with Gasteiger partial charge in [0, 0.05) is 38.0 Å². The fraction of sp³-hybridized carbons (Fsp3) is 0.0444. The summed E-state index contributed by atoms with van der Waals surface area (Å²) < 4.78 is 18.3. The molecule has 3 nitrogen and oxygen atoms in total. The van der Waals surface area contributed by atoms with Crippen LogP contribution in [0.1, 0.15) is 6.42 Å². The van der Waals surface area contributed by atoms with Gasteiger partial charge in [0.2, 0.25) is 0 Å². The molecule has 4 heteroatoms. The molecular weight excluding hydrogens is 615 g/mol. The number of fused-ring (bicyclic) bond motifs is 10. The van der Waals surface area contributed by atoms with Gasteiger partial charge in [-0.25, -0.2) is 4.98 Å². The van der Waals surface area contributed by atoms with Gasteiger partial charge in [0.1, 0.15) is 5.65 Å². The van der Waals surface area contributed by atoms with E-state index in [2.05, 4.69) is 132 Å². The number of hydrogen-bond acceptors (Lipinski definition) is 2. The van der Waals surface area contributed by atoms with E-state index in [9.17, 15) is 0 Å². The van der Waals surface area contributed by atoms with E-state index in [1.807, 2.05) is 30.3 Å². The van der Waals surface area contributed by atoms with E-state index in [0.717, 1.165) is 49.9 Å². The second-order valence-electron chi connectivity index (χ2n) is 13.4. The lowest BCUT2D eigenvalue weighted by Crippen LogP contribution is -2.24. The molecule has 11 rings (SSSR count). The largest absolute Gasteiger partial charge is 0.309 e. The molecule has 0 amide bonds. The van der Waals surface area contributed by atoms with Gasteiger partial charge < -0.3 is 4.57 Å². The summed E-state index contributed by atoms with van der Waals surface area (Å²) in [5, 5.41) is 8.43. The van der Waals surface area contributed by atoms with Crippen molar-refractivity contribution in [3.63, 3.8) is 0 Å². The molecule has 5 aromatic carbocycles. The zero-order valence-corrected chi connectivity index (χ0v) is 27.4. The average Bonchev–Trinajstić information content (AvgIpc) is 3.56. The molecule has 7 aromatic rings. The van der Waals surface area contributed by atoms with E-state index in [1.165, 1.54) is 49.4 Å². The van der Waals surface area contributed by atoms with Crippen LogP contribution >= 0.6 is 7.14 Å². The molecule has 0 aliphatic heterocycles. The Morgan fingerprint density at radius 3 is 2.43 bits per heavy atom. The van der Waals surface area contributed by atoms with Gasteiger partial charge >= 0.3 is 0 Å². The van der Waals surface area contributed by atoms with E-state index >= 15 is 4.57 Å². The Bertz CT molecular complexity index is 2930. The summed E-state index contributed by atoms with van der Waals surface area (Å²) in [4.78, 5) is 5.33. The van der Waals surface area contributed by atoms with Gasteiger partial charge in [0.15, 0.2) is 7.14 Å². The van der Waals surface area contributed by atoms with Gasteiger partial charge in [0.05, 0.1) is 16.6 Å². The molecule has 0 fully saturated rings. The Morgan fingerprint density at radius 1 is 0.673 bits per heavy atom. The zero-order valence-electron chi connectivity index (χ0n) is 26.5. The zero-order chi connectivity index (χ0) is 32.3. The van der Waals surface area contributed by atoms with Crippen LogP contribution in [0.25, 0.3) is 49.1 Å². The first kappa shape index (κ1) is 27.2. The molecule has 4 aliphatic rings. The van der Waals surface area contributed by atoms with Gasteiger partial charge in [0.25, 0.3) is 0 Å². The molecule has 0 spiro atoms. The third kappa shape index (κ3) is 3.68. The van der Waals surface area contributed by atoms with Crippen LogP contribution in [0.2, 0.25) is 0 Å². The summed E-state index contributed by atoms with van der Waals surface area (Å²) in [6.07, 6.45) is 18.8. The van der Waals surface area contributed by atoms with E-state index in [-0.39, 0.29) is 5.92 Å². The molecule has 0 saturated carbocycles. The molecule has 0 radical (unpaired) electrons. The molecule has 2 aromatic heterocycles. The van der Waals surface area contributed by atoms with Crippen molar-refractivity contribution in [2.45, 2.75) is 6.42 Å². The molecule has 2 unspecified atom stereocenters. The van der Waals surface area contributed by atoms with Crippen LogP contribution < -0.4 is 10.6 Å². The van der Waals surface area contributed by atoms with Gasteiger partial charge in [-0.1, -0.05) is 115 Å². The Hall–Kier alpha value is -5.76. The molecule has 230 valence electrons. The summed E-state index contributed by atoms with van der Waals surface area (Å²) in [7, 11) is -3.30. The van der Waals surface area contributed by atoms with Crippen molar-refractivity contribution in [1.82, 2.24) is 9.38 Å². The summed E-state index contributed by atoms with van der Waals surface area (Å²) in [5.74, 6) is 0.191. The monoisotopic (exact) mass is 644 g/mol. The number of aromatic nitrogens is 2. The van der Waals surface area contributed by atoms with E-state index in [1.54, 1.807) is 0 Å². The fourth-order valence-corrected chi connectivity index (χ4v) is 11.4. The maximum atomic E-state index is 16.0. The highest BCUT2D eigenvalue weighted by molar-refractivity contribution is 7.82. The van der Waals surface area contributed by atoms with E-state index < -0.39 is 7.14 Å². The van der Waals surface area contributed by atoms with Crippen LogP contribution in [0.4, 0.5) is 0 Å². The minimum atomic E-state index is -3.30. The van der Waals surface area contributed by atoms with Crippen molar-refractivity contribution in [2.75, 3.05) is 0 Å². The Kier molecular flexibility index (Phi) is 5.49. The highest BCUT2D eigenvalue weighted by atomic mass is 31.2. The second kappa shape index (κ2) is 9.89. The SMILES string of the molecule is O=P(C1=CC2=CC=C3CC=CC4=C3C2C(=C1)C=C4)(c1ccccc1)c1ccc2c(c1)nc1c3ccc4ccccc4c3c3ccccc3n21. The van der Waals surface area contributed by atoms with Gasteiger partial charge in [-0.3, -0.25) is 4.40 Å². The second-order valence-corrected chi connectivity index (χ2v) is 16.2. The Labute approximate surface area is 283 Å². The van der Waals surface area contributed by atoms with Crippen LogP contribution in [-0.4, -0.2) is 9.38 Å². The molecule has 0 N–H and O–H groups in total. The maximum Gasteiger partial charge on any atom is 0.171 e. The number of pyridine rings is 1. The number of benzene rings is 5. The predicted octanol–water partition coefficient (Wildman–Crippen LogP) is 10.4. The predicted molar refractivity (Wildman–Crippen MR) is 204 cm³/mol. The fourth-order valence-electron chi connectivity index (χ4n) is 8.68. The van der Waals surface area contributed by atoms with Crippen LogP contribution in [0.15, 0.2) is 191 Å². The van der Waals surface area contributed by atoms with Crippen molar-refractivity contribution >= 4 is 66.9 Å². The number of rotatable bonds is 3. The number of imidazole rings is 1. The molecule has 4 aliphatic carbocycles. The summed E-state index contributed by atoms with van der Waals surface area (Å²) in [5.41, 5.74) is 10.4. The minimum absolute atomic E-state index is 0.191. The number of hydrogen-bond donors (Lipinski definition) is 0. The summed E-state index contributed by atoms with van der Waals surface area (Å²) in [6, 6.07) is 37.9. The average molecular weight is 645 g/mol. The van der Waals surface area contributed by atoms with Crippen molar-refractivity contribution in [1.29, 1.82) is 0 Å². The highest BCUT2D eigenvalue weighted by Crippen LogP contribution is 2.58. The normalized spacial score (nSPS) is 19.2. The Morgan fingerprint density at radius 2 is 1.51 bits per heavy atom. The summed E-state index contributed by atoms with van der Waals surface area (Å²) >= 11 is 0. The molecular formula is C45H29N2OP. The van der Waals surface area contributed by atoms with E-state index in [4.69, 9.17) is 4.98 Å². The quantitative estimate of drug-likeness (QED) is 0.142. The molecule has 0 saturated heterocycles. The van der Waals surface area contributed by atoms with Crippen LogP contribution in [0, 0.1) is 5.92 Å². The topological polar surface area (TPSA) is 34.4 Å². The molecule has 0 bridgehead atoms. The first-order chi connectivity index (χ1) is 24.2. The third-order valence-corrected chi connectivity index (χ3v) is 13.9. The lowest BCUT2D eigenvalue weighted by atomic mass is 9.69. The third-order valence-electron chi connectivity index (χ3n) is 10.9. The van der Waals surface area contributed by atoms with E-state index in [0.29, 0.717) is 0 Å². The van der Waals surface area contributed by atoms with Crippen molar-refractivity contribution in [3.8, 4) is 0 Å². The van der Waals surface area contributed by atoms with Crippen molar-refractivity contribution in [3.05, 3.63) is 191 Å². The smallest absolute Gasteiger partial charge is 0.171 e. The minimum Gasteiger partial charge on any atom is -0.309 e. The first-order valence-electron chi connectivity index (χ1n) is 16.9. The van der Waals surface area contributed by atoms with Crippen molar-refractivity contribution in [2.24, 2.45) is 5.92 Å². The van der Waals surface area contributed by atoms with Crippen LogP contribution in [0.5, 0.6) is 0 Å². The van der Waals surface area contributed by atoms with Crippen LogP contribution in [0.3, 0.4) is 0 Å². The van der Waals surface area contributed by atoms with Crippen LogP contribution in [-0.2, 0) is 4.57 Å². The van der Waals surface area contributed by atoms with Gasteiger partial charge in [-0.15, -0.1) is 0 Å². The number of allylic oxidation sites excluding steroid dienone is 14. The van der Waals surface area contributed by atoms with Gasteiger partial charge in [-0.05, 0) is 87.5 Å². The van der Waals surface area contributed by atoms with Crippen molar-refractivity contribution < 1.29 is 4.57 Å². The Balaban J connectivity index is 1.17. The molecule has 49 heavy (non-hydrogen) atoms. The molecule has 2 heterocycles. The summed E-state index contributed by atoms with van der Waals surface area (Å²) in [6.45, 7) is 0.